The molecule has 5 aromatic carbocycles. The van der Waals surface area contributed by atoms with E-state index in [9.17, 15) is 0 Å². The van der Waals surface area contributed by atoms with E-state index >= 15 is 0 Å². The van der Waals surface area contributed by atoms with Crippen LogP contribution in [0.25, 0.3) is 101 Å². The quantitative estimate of drug-likeness (QED) is 0.0332. The number of rotatable bonds is 52. The van der Waals surface area contributed by atoms with Crippen LogP contribution in [0.15, 0.2) is 78.9 Å². The van der Waals surface area contributed by atoms with Crippen molar-refractivity contribution >= 4 is 66.7 Å². The van der Waals surface area contributed by atoms with Crippen LogP contribution in [0.2, 0.25) is 0 Å². The van der Waals surface area contributed by atoms with Gasteiger partial charge in [-0.2, -0.15) is 0 Å². The lowest BCUT2D eigenvalue weighted by molar-refractivity contribution is 0.427. The van der Waals surface area contributed by atoms with Gasteiger partial charge in [-0.3, -0.25) is 0 Å². The highest BCUT2D eigenvalue weighted by Gasteiger charge is 2.43. The lowest BCUT2D eigenvalue weighted by Crippen LogP contribution is -2.59. The molecule has 14 nitrogen and oxygen atoms in total. The van der Waals surface area contributed by atoms with Gasteiger partial charge in [0.05, 0.1) is 22.1 Å². The standard InChI is InChI=1S/C106H149BN14/c1-17-33-42-70(25-9)60-90-108-91(61-71(26-10)43-34-18-2)113-103(112-90)78-52-54-80-88(68-78)120-86-50-41-51-87-100(86)107(84-58-56-82(98(80)101(84)120)105-116-94(64-74(29-13)46-37-21-5)110-95(117-105)65-75(30-14)47-38-22-6)85-59-57-83(106-118-96(66-76(31-15)48-39-23-7)111-97(119-106)67-77(32-16)49-40-24-8)99-81-55-53-79(69-89(81)121(87)102(85)99)104-114-92(62-72(27-11)44-35-19-3)109-93(115-104)63-73(28-12)45-36-20-4/h41,50-59,68-77H,17-40,42-49,60-67H2,1-16H3. The first kappa shape index (κ1) is 90.5. The Hall–Kier alpha value is -8.20. The van der Waals surface area contributed by atoms with E-state index in [1.54, 1.807) is 0 Å². The second-order valence-electron chi connectivity index (χ2n) is 37.1. The summed E-state index contributed by atoms with van der Waals surface area (Å²) in [6.45, 7) is 37.1. The van der Waals surface area contributed by atoms with Crippen LogP contribution in [0, 0.1) is 47.3 Å². The number of nitrogens with zero attached hydrogens (tertiary/aromatic N) is 14. The van der Waals surface area contributed by atoms with Gasteiger partial charge < -0.3 is 9.13 Å². The summed E-state index contributed by atoms with van der Waals surface area (Å²) in [5.74, 6) is 14.3. The van der Waals surface area contributed by atoms with Crippen LogP contribution >= 0.6 is 0 Å². The number of unbranched alkanes of at least 4 members (excludes halogenated alkanes) is 8. The molecule has 13 rings (SSSR count). The normalized spacial score (nSPS) is 14.5. The molecule has 0 aliphatic carbocycles. The fraction of sp³-hybridized carbons (Fsp3) is 0.604. The minimum absolute atomic E-state index is 0.180. The van der Waals surface area contributed by atoms with Gasteiger partial charge in [0.1, 0.15) is 46.6 Å². The highest BCUT2D eigenvalue weighted by atomic mass is 15.1. The number of benzene rings is 5. The number of aromatic nitrogens is 14. The van der Waals surface area contributed by atoms with Crippen LogP contribution in [0.4, 0.5) is 0 Å². The van der Waals surface area contributed by atoms with Crippen molar-refractivity contribution in [3.63, 3.8) is 0 Å². The van der Waals surface area contributed by atoms with Gasteiger partial charge in [-0.15, -0.1) is 0 Å². The van der Waals surface area contributed by atoms with Crippen LogP contribution in [0.1, 0.15) is 363 Å². The largest absolute Gasteiger partial charge is 0.310 e. The predicted octanol–water partition coefficient (Wildman–Crippen LogP) is 26.5. The Labute approximate surface area is 728 Å². The molecule has 8 unspecified atom stereocenters. The molecule has 0 amide bonds. The first-order valence-corrected chi connectivity index (χ1v) is 49.6. The Balaban J connectivity index is 1.11. The summed E-state index contributed by atoms with van der Waals surface area (Å²) in [7, 11) is 0. The lowest BCUT2D eigenvalue weighted by Gasteiger charge is -2.34. The zero-order valence-corrected chi connectivity index (χ0v) is 77.7. The molecule has 0 radical (unpaired) electrons. The van der Waals surface area contributed by atoms with Crippen molar-refractivity contribution in [1.29, 1.82) is 0 Å². The Morgan fingerprint density at radius 2 is 0.504 bits per heavy atom. The molecule has 0 spiro atoms. The number of hydrogen-bond acceptors (Lipinski definition) is 12. The molecule has 0 saturated carbocycles. The molecular weight excluding hydrogens is 1480 g/mol. The van der Waals surface area contributed by atoms with Gasteiger partial charge in [-0.1, -0.05) is 371 Å². The van der Waals surface area contributed by atoms with E-state index < -0.39 is 0 Å². The summed E-state index contributed by atoms with van der Waals surface area (Å²) in [5, 5.41) is 4.65. The topological polar surface area (TPSA) is 165 Å². The maximum atomic E-state index is 5.73. The van der Waals surface area contributed by atoms with Crippen molar-refractivity contribution < 1.29 is 0 Å². The van der Waals surface area contributed by atoms with E-state index in [2.05, 4.69) is 199 Å². The molecule has 0 fully saturated rings. The van der Waals surface area contributed by atoms with Crippen molar-refractivity contribution in [3.05, 3.63) is 125 Å². The van der Waals surface area contributed by atoms with Gasteiger partial charge in [0, 0.05) is 107 Å². The molecule has 2 aliphatic rings. The van der Waals surface area contributed by atoms with Gasteiger partial charge in [-0.05, 0) is 88.0 Å². The van der Waals surface area contributed by atoms with Crippen molar-refractivity contribution in [3.8, 4) is 56.9 Å². The average molecular weight is 1630 g/mol. The average Bonchev–Trinajstić information content (AvgIpc) is 1.53. The zero-order valence-electron chi connectivity index (χ0n) is 77.7. The zero-order chi connectivity index (χ0) is 85.1. The van der Waals surface area contributed by atoms with Crippen molar-refractivity contribution in [2.45, 2.75) is 368 Å². The molecule has 0 saturated heterocycles. The highest BCUT2D eigenvalue weighted by molar-refractivity contribution is 7.00. The van der Waals surface area contributed by atoms with Crippen LogP contribution in [-0.2, 0) is 51.4 Å². The van der Waals surface area contributed by atoms with Crippen molar-refractivity contribution in [1.82, 2.24) is 68.9 Å². The lowest BCUT2D eigenvalue weighted by atomic mass is 9.34. The summed E-state index contributed by atoms with van der Waals surface area (Å²) >= 11 is 0. The number of fused-ring (bicyclic) bond motifs is 10. The second kappa shape index (κ2) is 43.9. The fourth-order valence-corrected chi connectivity index (χ4v) is 20.4. The molecule has 2 aliphatic heterocycles. The van der Waals surface area contributed by atoms with Crippen LogP contribution < -0.4 is 16.4 Å². The molecular formula is C106H149BN14. The van der Waals surface area contributed by atoms with Gasteiger partial charge >= 0.3 is 0 Å². The molecule has 0 N–H and O–H groups in total. The van der Waals surface area contributed by atoms with E-state index in [-0.39, 0.29) is 6.71 Å². The molecule has 0 bridgehead atoms. The van der Waals surface area contributed by atoms with Crippen LogP contribution in [0.3, 0.4) is 0 Å². The number of hydrogen-bond donors (Lipinski definition) is 0. The Bertz CT molecular complexity index is 4750. The van der Waals surface area contributed by atoms with E-state index in [1.807, 2.05) is 0 Å². The smallest absolute Gasteiger partial charge is 0.252 e. The fourth-order valence-electron chi connectivity index (χ4n) is 20.4. The predicted molar refractivity (Wildman–Crippen MR) is 511 cm³/mol. The van der Waals surface area contributed by atoms with E-state index in [0.29, 0.717) is 47.3 Å². The molecule has 646 valence electrons. The Kier molecular flexibility index (Phi) is 32.9. The molecule has 8 heterocycles. The SMILES string of the molecule is CCCCC(CC)Cc1nc(CC(CC)CCCC)nc(-c2ccc3c4c(-c5nc(CC(CC)CCCC)nc(CC(CC)CCCC)n5)ccc5c4n(c3c2)-c2cccc3c2B5c2ccc(-c4nc(CC(CC)CCCC)nc(CC(CC)CCCC)n4)c4c5ccc(-c6nc(CC(CC)CCCC)nc(CC(CC)CCCC)n6)cc5n-3c24)n1. The van der Waals surface area contributed by atoms with Crippen LogP contribution in [-0.4, -0.2) is 75.7 Å². The van der Waals surface area contributed by atoms with E-state index in [4.69, 9.17) is 59.8 Å². The van der Waals surface area contributed by atoms with Gasteiger partial charge in [0.2, 0.25) is 0 Å². The third kappa shape index (κ3) is 20.9. The van der Waals surface area contributed by atoms with Crippen LogP contribution in [0.5, 0.6) is 0 Å². The molecule has 121 heavy (non-hydrogen) atoms. The summed E-state index contributed by atoms with van der Waals surface area (Å²) in [4.78, 5) is 67.1. The maximum Gasteiger partial charge on any atom is 0.252 e. The van der Waals surface area contributed by atoms with E-state index in [1.165, 1.54) is 167 Å². The first-order chi connectivity index (χ1) is 59.2. The third-order valence-electron chi connectivity index (χ3n) is 28.4. The van der Waals surface area contributed by atoms with Crippen molar-refractivity contribution in [2.24, 2.45) is 47.3 Å². The minimum Gasteiger partial charge on any atom is -0.310 e. The monoisotopic (exact) mass is 1630 g/mol. The summed E-state index contributed by atoms with van der Waals surface area (Å²) in [6.07, 6.45) is 43.8. The van der Waals surface area contributed by atoms with Gasteiger partial charge in [0.25, 0.3) is 6.71 Å². The molecule has 11 aromatic rings. The second-order valence-corrected chi connectivity index (χ2v) is 37.1. The van der Waals surface area contributed by atoms with E-state index in [0.717, 1.165) is 254 Å². The summed E-state index contributed by atoms with van der Waals surface area (Å²) in [5.41, 5.74) is 14.8. The maximum absolute atomic E-state index is 5.73. The molecule has 15 heteroatoms. The van der Waals surface area contributed by atoms with Gasteiger partial charge in [-0.25, -0.2) is 59.8 Å². The first-order valence-electron chi connectivity index (χ1n) is 49.6. The Morgan fingerprint density at radius 1 is 0.264 bits per heavy atom. The summed E-state index contributed by atoms with van der Waals surface area (Å²) < 4.78 is 5.27. The third-order valence-corrected chi connectivity index (χ3v) is 28.4. The van der Waals surface area contributed by atoms with Gasteiger partial charge in [0.15, 0.2) is 23.3 Å². The highest BCUT2D eigenvalue weighted by Crippen LogP contribution is 2.46. The Morgan fingerprint density at radius 3 is 0.736 bits per heavy atom. The summed E-state index contributed by atoms with van der Waals surface area (Å²) in [6, 6.07) is 31.2. The molecule has 6 aromatic heterocycles. The van der Waals surface area contributed by atoms with Crippen molar-refractivity contribution in [2.75, 3.05) is 0 Å². The minimum atomic E-state index is -0.180. The molecule has 8 atom stereocenters.